The quantitative estimate of drug-likeness (QED) is 0.375. The molecule has 0 amide bonds. The summed E-state index contributed by atoms with van der Waals surface area (Å²) >= 11 is 0. The van der Waals surface area contributed by atoms with Crippen LogP contribution in [0.1, 0.15) is 46.5 Å². The molecule has 0 aliphatic carbocycles. The van der Waals surface area contributed by atoms with Gasteiger partial charge in [0.05, 0.1) is 0 Å². The third-order valence-electron chi connectivity index (χ3n) is 3.67. The van der Waals surface area contributed by atoms with E-state index in [1.165, 1.54) is 30.9 Å². The van der Waals surface area contributed by atoms with Crippen LogP contribution >= 0.6 is 0 Å². The highest BCUT2D eigenvalue weighted by atomic mass is 28.4. The van der Waals surface area contributed by atoms with Gasteiger partial charge in [-0.15, -0.1) is 0 Å². The van der Waals surface area contributed by atoms with E-state index in [4.69, 9.17) is 13.6 Å². The van der Waals surface area contributed by atoms with Crippen LogP contribution in [-0.4, -0.2) is 21.8 Å². The lowest BCUT2D eigenvalue weighted by atomic mass is 10.2. The maximum absolute atomic E-state index is 6.19. The molecule has 4 heteroatoms. The summed E-state index contributed by atoms with van der Waals surface area (Å²) in [5.41, 5.74) is 0. The van der Waals surface area contributed by atoms with E-state index in [9.17, 15) is 0 Å². The van der Waals surface area contributed by atoms with Gasteiger partial charge in [0, 0.05) is 18.4 Å². The number of hydrogen-bond donors (Lipinski definition) is 0. The van der Waals surface area contributed by atoms with Crippen LogP contribution in [0.5, 0.6) is 11.5 Å². The molecule has 3 nitrogen and oxygen atoms in total. The molecule has 112 valence electrons. The van der Waals surface area contributed by atoms with Crippen molar-refractivity contribution in [3.05, 3.63) is 18.2 Å². The predicted molar refractivity (Wildman–Crippen MR) is 84.1 cm³/mol. The zero-order valence-corrected chi connectivity index (χ0v) is 13.9. The molecule has 0 bridgehead atoms. The molecular formula is C16H26O3Si. The fourth-order valence-corrected chi connectivity index (χ4v) is 6.19. The summed E-state index contributed by atoms with van der Waals surface area (Å²) in [6, 6.07) is 7.21. The topological polar surface area (TPSA) is 31.0 Å². The van der Waals surface area contributed by atoms with Gasteiger partial charge in [-0.25, -0.2) is 0 Å². The number of benzene rings is 1. The number of unbranched alkanes of at least 4 members (excludes halogenated alkanes) is 3. The molecule has 0 unspecified atom stereocenters. The van der Waals surface area contributed by atoms with E-state index in [0.29, 0.717) is 13.2 Å². The summed E-state index contributed by atoms with van der Waals surface area (Å²) in [5, 5.41) is 1.19. The lowest BCUT2D eigenvalue weighted by molar-refractivity contribution is 0.194. The Balaban J connectivity index is 2.16. The molecule has 1 heterocycles. The first-order valence-corrected chi connectivity index (χ1v) is 9.89. The molecule has 2 rings (SSSR count). The Morgan fingerprint density at radius 1 is 1.00 bits per heavy atom. The second-order valence-electron chi connectivity index (χ2n) is 5.16. The van der Waals surface area contributed by atoms with Crippen LogP contribution in [0.3, 0.4) is 0 Å². The number of para-hydroxylation sites is 1. The smallest absolute Gasteiger partial charge is 0.376 e. The fraction of sp³-hybridized carbons (Fsp3) is 0.625. The van der Waals surface area contributed by atoms with Crippen molar-refractivity contribution in [3.63, 3.8) is 0 Å². The lowest BCUT2D eigenvalue weighted by Gasteiger charge is -2.29. The third-order valence-corrected chi connectivity index (χ3v) is 7.41. The normalized spacial score (nSPS) is 12.9. The van der Waals surface area contributed by atoms with E-state index in [-0.39, 0.29) is 0 Å². The summed E-state index contributed by atoms with van der Waals surface area (Å²) in [5.74, 6) is 2.00. The maximum Gasteiger partial charge on any atom is 0.376 e. The van der Waals surface area contributed by atoms with Gasteiger partial charge in [-0.3, -0.25) is 0 Å². The zero-order chi connectivity index (χ0) is 14.4. The van der Waals surface area contributed by atoms with E-state index < -0.39 is 8.56 Å². The number of rotatable bonds is 10. The Morgan fingerprint density at radius 2 is 1.75 bits per heavy atom. The first-order valence-electron chi connectivity index (χ1n) is 7.86. The van der Waals surface area contributed by atoms with Crippen LogP contribution in [0, 0.1) is 0 Å². The summed E-state index contributed by atoms with van der Waals surface area (Å²) in [4.78, 5) is 0. The fourth-order valence-electron chi connectivity index (χ4n) is 2.72. The van der Waals surface area contributed by atoms with E-state index in [1.54, 1.807) is 0 Å². The van der Waals surface area contributed by atoms with Crippen LogP contribution < -0.4 is 9.92 Å². The number of fused-ring (bicyclic) bond motifs is 1. The molecule has 0 spiro atoms. The largest absolute Gasteiger partial charge is 0.449 e. The summed E-state index contributed by atoms with van der Waals surface area (Å²) in [7, 11) is -2.34. The standard InChI is InChI=1S/C16H26O3Si/c1-4-7-8-9-13-20(17-5-2,18-6-3)15-12-10-11-14-16(15)19-14/h10-12H,4-9,13H2,1-3H3. The van der Waals surface area contributed by atoms with Gasteiger partial charge in [0.15, 0.2) is 11.5 Å². The van der Waals surface area contributed by atoms with Gasteiger partial charge in [-0.1, -0.05) is 44.7 Å². The molecule has 0 saturated heterocycles. The van der Waals surface area contributed by atoms with Crippen LogP contribution in [-0.2, 0) is 8.85 Å². The number of hydrogen-bond acceptors (Lipinski definition) is 3. The Morgan fingerprint density at radius 3 is 2.40 bits per heavy atom. The van der Waals surface area contributed by atoms with Crippen molar-refractivity contribution in [1.29, 1.82) is 0 Å². The van der Waals surface area contributed by atoms with Crippen molar-refractivity contribution in [3.8, 4) is 11.5 Å². The van der Waals surface area contributed by atoms with Crippen molar-refractivity contribution in [2.45, 2.75) is 52.5 Å². The van der Waals surface area contributed by atoms with Crippen molar-refractivity contribution in [1.82, 2.24) is 0 Å². The van der Waals surface area contributed by atoms with Gasteiger partial charge in [0.25, 0.3) is 0 Å². The van der Waals surface area contributed by atoms with E-state index in [2.05, 4.69) is 26.8 Å². The minimum absolute atomic E-state index is 0.698. The maximum atomic E-state index is 6.19. The van der Waals surface area contributed by atoms with Gasteiger partial charge in [0.1, 0.15) is 0 Å². The first kappa shape index (κ1) is 15.5. The second-order valence-corrected chi connectivity index (χ2v) is 8.29. The van der Waals surface area contributed by atoms with E-state index >= 15 is 0 Å². The molecule has 0 saturated carbocycles. The molecule has 1 aromatic carbocycles. The molecular weight excluding hydrogens is 268 g/mol. The minimum Gasteiger partial charge on any atom is -0.449 e. The summed E-state index contributed by atoms with van der Waals surface area (Å²) < 4.78 is 17.9. The highest BCUT2D eigenvalue weighted by Gasteiger charge is 2.45. The Kier molecular flexibility index (Phi) is 5.63. The van der Waals surface area contributed by atoms with Gasteiger partial charge in [0.2, 0.25) is 0 Å². The zero-order valence-electron chi connectivity index (χ0n) is 12.9. The van der Waals surface area contributed by atoms with Crippen LogP contribution in [0.4, 0.5) is 0 Å². The average molecular weight is 294 g/mol. The Bertz CT molecular complexity index is 428. The molecule has 0 atom stereocenters. The Hall–Kier alpha value is -0.843. The summed E-state index contributed by atoms with van der Waals surface area (Å²) in [6.07, 6.45) is 4.96. The molecule has 0 aromatic heterocycles. The molecule has 20 heavy (non-hydrogen) atoms. The molecule has 1 aliphatic heterocycles. The van der Waals surface area contributed by atoms with Gasteiger partial charge in [-0.05, 0) is 26.0 Å². The molecule has 1 aliphatic rings. The average Bonchev–Trinajstić information content (AvgIpc) is 3.23. The van der Waals surface area contributed by atoms with Gasteiger partial charge < -0.3 is 13.6 Å². The van der Waals surface area contributed by atoms with E-state index in [0.717, 1.165) is 17.5 Å². The van der Waals surface area contributed by atoms with Crippen molar-refractivity contribution in [2.24, 2.45) is 0 Å². The monoisotopic (exact) mass is 294 g/mol. The highest BCUT2D eigenvalue weighted by molar-refractivity contribution is 6.82. The van der Waals surface area contributed by atoms with Crippen molar-refractivity contribution >= 4 is 13.7 Å². The lowest BCUT2D eigenvalue weighted by Crippen LogP contribution is -2.53. The molecule has 0 N–H and O–H groups in total. The van der Waals surface area contributed by atoms with E-state index in [1.807, 2.05) is 12.1 Å². The first-order chi connectivity index (χ1) is 9.77. The molecule has 0 fully saturated rings. The molecule has 1 aromatic rings. The third kappa shape index (κ3) is 3.43. The molecule has 0 radical (unpaired) electrons. The number of ether oxygens (including phenoxy) is 1. The van der Waals surface area contributed by atoms with Crippen LogP contribution in [0.15, 0.2) is 18.2 Å². The summed E-state index contributed by atoms with van der Waals surface area (Å²) in [6.45, 7) is 7.73. The highest BCUT2D eigenvalue weighted by Crippen LogP contribution is 2.44. The van der Waals surface area contributed by atoms with Gasteiger partial charge in [-0.2, -0.15) is 0 Å². The van der Waals surface area contributed by atoms with Crippen molar-refractivity contribution < 1.29 is 13.6 Å². The van der Waals surface area contributed by atoms with Crippen LogP contribution in [0.2, 0.25) is 6.04 Å². The van der Waals surface area contributed by atoms with Gasteiger partial charge >= 0.3 is 8.56 Å². The Labute approximate surface area is 123 Å². The van der Waals surface area contributed by atoms with Crippen molar-refractivity contribution in [2.75, 3.05) is 13.2 Å². The predicted octanol–water partition coefficient (Wildman–Crippen LogP) is 4.09. The second kappa shape index (κ2) is 7.25. The van der Waals surface area contributed by atoms with Crippen LogP contribution in [0.25, 0.3) is 0 Å². The SMILES string of the molecule is CCCCCC[Si](OCC)(OCC)c1cccc2c1O2. The minimum atomic E-state index is -2.34.